The van der Waals surface area contributed by atoms with E-state index in [2.05, 4.69) is 9.08 Å². The standard InChI is InChI=1S/C20H22F3NO4S/c1-19(2)24(13-16-6-4-3-5-7-16)17(14-27-19)12-15-8-10-18(11-9-15)28-29(25,26)20(21,22)23/h3-11,17H,12-14H2,1-2H3. The van der Waals surface area contributed by atoms with E-state index in [0.717, 1.165) is 11.1 Å². The van der Waals surface area contributed by atoms with Crippen molar-refractivity contribution in [3.05, 3.63) is 65.7 Å². The summed E-state index contributed by atoms with van der Waals surface area (Å²) in [5, 5.41) is 0. The summed E-state index contributed by atoms with van der Waals surface area (Å²) in [6, 6.07) is 15.6. The molecule has 1 unspecified atom stereocenters. The summed E-state index contributed by atoms with van der Waals surface area (Å²) < 4.78 is 69.6. The normalized spacial score (nSPS) is 20.0. The molecule has 5 nitrogen and oxygen atoms in total. The highest BCUT2D eigenvalue weighted by molar-refractivity contribution is 7.88. The van der Waals surface area contributed by atoms with Crippen LogP contribution in [0.3, 0.4) is 0 Å². The predicted molar refractivity (Wildman–Crippen MR) is 102 cm³/mol. The molecule has 1 fully saturated rings. The van der Waals surface area contributed by atoms with Gasteiger partial charge in [-0.1, -0.05) is 42.5 Å². The van der Waals surface area contributed by atoms with E-state index in [0.29, 0.717) is 19.6 Å². The molecule has 29 heavy (non-hydrogen) atoms. The molecule has 0 spiro atoms. The molecule has 1 aliphatic heterocycles. The largest absolute Gasteiger partial charge is 0.534 e. The molecule has 1 atom stereocenters. The Kier molecular flexibility index (Phi) is 5.93. The van der Waals surface area contributed by atoms with Crippen molar-refractivity contribution >= 4 is 10.1 Å². The first-order valence-electron chi connectivity index (χ1n) is 9.02. The quantitative estimate of drug-likeness (QED) is 0.511. The third kappa shape index (κ3) is 5.09. The van der Waals surface area contributed by atoms with Gasteiger partial charge in [0.1, 0.15) is 11.5 Å². The van der Waals surface area contributed by atoms with Crippen LogP contribution in [-0.4, -0.2) is 37.2 Å². The van der Waals surface area contributed by atoms with Gasteiger partial charge in [0.15, 0.2) is 0 Å². The summed E-state index contributed by atoms with van der Waals surface area (Å²) in [5.41, 5.74) is -3.93. The number of benzene rings is 2. The average molecular weight is 429 g/mol. The van der Waals surface area contributed by atoms with Crippen molar-refractivity contribution < 1.29 is 30.5 Å². The lowest BCUT2D eigenvalue weighted by atomic mass is 10.0. The Morgan fingerprint density at radius 1 is 1.07 bits per heavy atom. The Hall–Kier alpha value is -2.10. The lowest BCUT2D eigenvalue weighted by Gasteiger charge is -2.33. The summed E-state index contributed by atoms with van der Waals surface area (Å²) in [6.45, 7) is 5.20. The Bertz CT molecular complexity index is 928. The first kappa shape index (κ1) is 21.6. The lowest BCUT2D eigenvalue weighted by Crippen LogP contribution is -2.44. The van der Waals surface area contributed by atoms with Crippen LogP contribution in [-0.2, 0) is 27.8 Å². The summed E-state index contributed by atoms with van der Waals surface area (Å²) in [6.07, 6.45) is 0.600. The van der Waals surface area contributed by atoms with Gasteiger partial charge in [-0.3, -0.25) is 4.90 Å². The molecular weight excluding hydrogens is 407 g/mol. The van der Waals surface area contributed by atoms with E-state index in [-0.39, 0.29) is 11.8 Å². The maximum Gasteiger partial charge on any atom is 0.534 e. The number of halogens is 3. The van der Waals surface area contributed by atoms with Crippen molar-refractivity contribution in [2.24, 2.45) is 0 Å². The van der Waals surface area contributed by atoms with Gasteiger partial charge in [-0.25, -0.2) is 0 Å². The van der Waals surface area contributed by atoms with Crippen molar-refractivity contribution in [2.45, 2.75) is 44.1 Å². The Morgan fingerprint density at radius 2 is 1.69 bits per heavy atom. The molecule has 9 heteroatoms. The van der Waals surface area contributed by atoms with E-state index >= 15 is 0 Å². The highest BCUT2D eigenvalue weighted by Gasteiger charge is 2.48. The zero-order chi connectivity index (χ0) is 21.3. The summed E-state index contributed by atoms with van der Waals surface area (Å²) in [7, 11) is -5.67. The van der Waals surface area contributed by atoms with Crippen LogP contribution in [0, 0.1) is 0 Å². The molecule has 0 aliphatic carbocycles. The molecule has 0 aromatic heterocycles. The Morgan fingerprint density at radius 3 is 2.28 bits per heavy atom. The minimum atomic E-state index is -5.67. The molecule has 3 rings (SSSR count). The van der Waals surface area contributed by atoms with Crippen LogP contribution in [0.2, 0.25) is 0 Å². The van der Waals surface area contributed by atoms with Crippen LogP contribution < -0.4 is 4.18 Å². The number of ether oxygens (including phenoxy) is 1. The van der Waals surface area contributed by atoms with Crippen LogP contribution in [0.5, 0.6) is 5.75 Å². The molecule has 2 aromatic rings. The van der Waals surface area contributed by atoms with Gasteiger partial charge in [0, 0.05) is 12.6 Å². The summed E-state index contributed by atoms with van der Waals surface area (Å²) in [5.74, 6) is -0.379. The van der Waals surface area contributed by atoms with Crippen molar-refractivity contribution in [3.8, 4) is 5.75 Å². The molecule has 1 saturated heterocycles. The monoisotopic (exact) mass is 429 g/mol. The van der Waals surface area contributed by atoms with Gasteiger partial charge < -0.3 is 8.92 Å². The maximum atomic E-state index is 12.4. The minimum Gasteiger partial charge on any atom is -0.376 e. The first-order chi connectivity index (χ1) is 13.5. The molecule has 0 saturated carbocycles. The fraction of sp³-hybridized carbons (Fsp3) is 0.400. The van der Waals surface area contributed by atoms with Gasteiger partial charge in [-0.15, -0.1) is 0 Å². The van der Waals surface area contributed by atoms with Gasteiger partial charge >= 0.3 is 15.6 Å². The minimum absolute atomic E-state index is 0.0656. The second kappa shape index (κ2) is 7.97. The van der Waals surface area contributed by atoms with Crippen molar-refractivity contribution in [1.82, 2.24) is 4.90 Å². The maximum absolute atomic E-state index is 12.4. The van der Waals surface area contributed by atoms with E-state index in [1.54, 1.807) is 12.1 Å². The zero-order valence-electron chi connectivity index (χ0n) is 16.0. The molecule has 0 bridgehead atoms. The average Bonchev–Trinajstić information content (AvgIpc) is 2.91. The lowest BCUT2D eigenvalue weighted by molar-refractivity contribution is -0.0575. The highest BCUT2D eigenvalue weighted by Crippen LogP contribution is 2.32. The highest BCUT2D eigenvalue weighted by atomic mass is 32.2. The van der Waals surface area contributed by atoms with Crippen LogP contribution in [0.25, 0.3) is 0 Å². The molecule has 0 amide bonds. The number of hydrogen-bond donors (Lipinski definition) is 0. The molecule has 0 N–H and O–H groups in total. The van der Waals surface area contributed by atoms with E-state index < -0.39 is 21.4 Å². The number of alkyl halides is 3. The summed E-state index contributed by atoms with van der Waals surface area (Å²) >= 11 is 0. The summed E-state index contributed by atoms with van der Waals surface area (Å²) in [4.78, 5) is 2.24. The fourth-order valence-electron chi connectivity index (χ4n) is 3.31. The third-order valence-electron chi connectivity index (χ3n) is 4.84. The van der Waals surface area contributed by atoms with Gasteiger partial charge in [0.2, 0.25) is 0 Å². The van der Waals surface area contributed by atoms with Gasteiger partial charge in [0.05, 0.1) is 6.61 Å². The van der Waals surface area contributed by atoms with Crippen LogP contribution in [0.1, 0.15) is 25.0 Å². The van der Waals surface area contributed by atoms with Crippen molar-refractivity contribution in [3.63, 3.8) is 0 Å². The molecule has 1 heterocycles. The van der Waals surface area contributed by atoms with Gasteiger partial charge in [0.25, 0.3) is 0 Å². The molecule has 158 valence electrons. The van der Waals surface area contributed by atoms with Gasteiger partial charge in [-0.05, 0) is 43.5 Å². The smallest absolute Gasteiger partial charge is 0.376 e. The molecular formula is C20H22F3NO4S. The van der Waals surface area contributed by atoms with E-state index in [1.807, 2.05) is 44.2 Å². The van der Waals surface area contributed by atoms with Crippen molar-refractivity contribution in [2.75, 3.05) is 6.61 Å². The molecule has 0 radical (unpaired) electrons. The van der Waals surface area contributed by atoms with E-state index in [4.69, 9.17) is 4.74 Å². The van der Waals surface area contributed by atoms with Crippen molar-refractivity contribution in [1.29, 1.82) is 0 Å². The number of hydrogen-bond acceptors (Lipinski definition) is 5. The molecule has 2 aromatic carbocycles. The SMILES string of the molecule is CC1(C)OCC(Cc2ccc(OS(=O)(=O)C(F)(F)F)cc2)N1Cc1ccccc1. The van der Waals surface area contributed by atoms with Crippen LogP contribution in [0.15, 0.2) is 54.6 Å². The zero-order valence-corrected chi connectivity index (χ0v) is 16.8. The number of nitrogens with zero attached hydrogens (tertiary/aromatic N) is 1. The topological polar surface area (TPSA) is 55.8 Å². The number of rotatable bonds is 6. The Labute approximate surface area is 168 Å². The third-order valence-corrected chi connectivity index (χ3v) is 5.82. The van der Waals surface area contributed by atoms with Gasteiger partial charge in [-0.2, -0.15) is 21.6 Å². The first-order valence-corrected chi connectivity index (χ1v) is 10.4. The second-order valence-electron chi connectivity index (χ2n) is 7.36. The van der Waals surface area contributed by atoms with E-state index in [9.17, 15) is 21.6 Å². The molecule has 1 aliphatic rings. The van der Waals surface area contributed by atoms with Crippen LogP contribution >= 0.6 is 0 Å². The predicted octanol–water partition coefficient (Wildman–Crippen LogP) is 4.09. The second-order valence-corrected chi connectivity index (χ2v) is 8.89. The Balaban J connectivity index is 1.70. The fourth-order valence-corrected chi connectivity index (χ4v) is 3.77. The van der Waals surface area contributed by atoms with E-state index in [1.165, 1.54) is 12.1 Å². The van der Waals surface area contributed by atoms with Crippen LogP contribution in [0.4, 0.5) is 13.2 Å².